The predicted molar refractivity (Wildman–Crippen MR) is 33.1 cm³/mol. The van der Waals surface area contributed by atoms with Crippen LogP contribution in [0.2, 0.25) is 0 Å². The van der Waals surface area contributed by atoms with Crippen molar-refractivity contribution in [3.8, 4) is 0 Å². The smallest absolute Gasteiger partial charge is 0.437 e. The van der Waals surface area contributed by atoms with Gasteiger partial charge in [-0.2, -0.15) is 39.5 Å². The second-order valence-electron chi connectivity index (χ2n) is 2.70. The van der Waals surface area contributed by atoms with Gasteiger partial charge in [-0.3, -0.25) is 4.79 Å². The number of esters is 1. The van der Waals surface area contributed by atoms with Gasteiger partial charge in [-0.25, -0.2) is 4.79 Å². The number of ether oxygens (including phenoxy) is 1. The Morgan fingerprint density at radius 2 is 1.11 bits per heavy atom. The highest BCUT2D eigenvalue weighted by Gasteiger charge is 2.61. The number of halogens is 9. The monoisotopic (exact) mass is 292 g/mol. The van der Waals surface area contributed by atoms with Crippen molar-refractivity contribution in [3.05, 3.63) is 0 Å². The topological polar surface area (TPSA) is 43.4 Å². The van der Waals surface area contributed by atoms with Crippen LogP contribution in [0.15, 0.2) is 0 Å². The molecule has 0 aliphatic rings. The van der Waals surface area contributed by atoms with Crippen molar-refractivity contribution in [2.75, 3.05) is 0 Å². The molecule has 0 fully saturated rings. The Balaban J connectivity index is 5.05. The molecular formula is C6HF9O3. The van der Waals surface area contributed by atoms with Crippen molar-refractivity contribution in [3.63, 3.8) is 0 Å². The van der Waals surface area contributed by atoms with E-state index in [0.717, 1.165) is 0 Å². The largest absolute Gasteiger partial charge is 0.461 e. The van der Waals surface area contributed by atoms with Crippen LogP contribution in [0.25, 0.3) is 0 Å². The van der Waals surface area contributed by atoms with Crippen molar-refractivity contribution in [2.24, 2.45) is 0 Å². The molecule has 0 N–H and O–H groups in total. The summed E-state index contributed by atoms with van der Waals surface area (Å²) in [5.41, 5.74) is 0. The first-order valence-electron chi connectivity index (χ1n) is 3.63. The molecule has 18 heavy (non-hydrogen) atoms. The van der Waals surface area contributed by atoms with Gasteiger partial charge in [0.1, 0.15) is 0 Å². The SMILES string of the molecule is O=C(OC(C(F)(F)F)C(F)(F)F)C(=O)C(F)(F)F. The molecule has 106 valence electrons. The molecule has 0 aliphatic carbocycles. The molecule has 0 saturated heterocycles. The van der Waals surface area contributed by atoms with Crippen LogP contribution >= 0.6 is 0 Å². The predicted octanol–water partition coefficient (Wildman–Crippen LogP) is 2.15. The van der Waals surface area contributed by atoms with E-state index >= 15 is 0 Å². The van der Waals surface area contributed by atoms with Crippen LogP contribution in [0, 0.1) is 0 Å². The molecule has 0 aliphatic heterocycles. The van der Waals surface area contributed by atoms with E-state index in [0.29, 0.717) is 0 Å². The quantitative estimate of drug-likeness (QED) is 0.445. The fourth-order valence-electron chi connectivity index (χ4n) is 0.595. The van der Waals surface area contributed by atoms with E-state index in [1.165, 1.54) is 0 Å². The normalized spacial score (nSPS) is 13.7. The van der Waals surface area contributed by atoms with Crippen LogP contribution in [0.5, 0.6) is 0 Å². The van der Waals surface area contributed by atoms with Crippen LogP contribution in [-0.4, -0.2) is 36.4 Å². The Morgan fingerprint density at radius 3 is 1.33 bits per heavy atom. The zero-order valence-corrected chi connectivity index (χ0v) is 7.70. The molecule has 0 radical (unpaired) electrons. The Hall–Kier alpha value is -1.49. The minimum Gasteiger partial charge on any atom is -0.437 e. The second kappa shape index (κ2) is 4.65. The lowest BCUT2D eigenvalue weighted by molar-refractivity contribution is -0.313. The highest BCUT2D eigenvalue weighted by Crippen LogP contribution is 2.36. The van der Waals surface area contributed by atoms with Crippen molar-refractivity contribution in [1.29, 1.82) is 0 Å². The van der Waals surface area contributed by atoms with Gasteiger partial charge in [0.2, 0.25) is 0 Å². The summed E-state index contributed by atoms with van der Waals surface area (Å²) in [4.78, 5) is 20.2. The van der Waals surface area contributed by atoms with Gasteiger partial charge in [0.25, 0.3) is 6.10 Å². The standard InChI is InChI=1S/C6HF9O3/c7-4(8,9)1(16)2(17)18-3(5(10,11)12)6(13,14)15/h3H. The van der Waals surface area contributed by atoms with Crippen LogP contribution in [0.4, 0.5) is 39.5 Å². The molecule has 0 saturated carbocycles. The molecule has 0 rings (SSSR count). The zero-order valence-electron chi connectivity index (χ0n) is 7.70. The lowest BCUT2D eigenvalue weighted by Crippen LogP contribution is -2.48. The van der Waals surface area contributed by atoms with Crippen LogP contribution < -0.4 is 0 Å². The molecule has 0 aromatic heterocycles. The average molecular weight is 292 g/mol. The molecule has 0 aromatic rings. The number of hydrogen-bond acceptors (Lipinski definition) is 3. The van der Waals surface area contributed by atoms with Gasteiger partial charge < -0.3 is 4.74 Å². The lowest BCUT2D eigenvalue weighted by Gasteiger charge is -2.22. The maximum atomic E-state index is 11.7. The molecule has 0 aromatic carbocycles. The minimum absolute atomic E-state index is 2.51. The summed E-state index contributed by atoms with van der Waals surface area (Å²) in [5, 5.41) is 0. The molecule has 12 heteroatoms. The van der Waals surface area contributed by atoms with Crippen molar-refractivity contribution >= 4 is 11.8 Å². The van der Waals surface area contributed by atoms with E-state index in [1.54, 1.807) is 0 Å². The molecule has 0 heterocycles. The third kappa shape index (κ3) is 4.41. The minimum atomic E-state index is -6.19. The summed E-state index contributed by atoms with van der Waals surface area (Å²) in [6.45, 7) is 0. The maximum absolute atomic E-state index is 11.7. The highest BCUT2D eigenvalue weighted by molar-refractivity contribution is 6.35. The average Bonchev–Trinajstić information content (AvgIpc) is 2.07. The highest BCUT2D eigenvalue weighted by atomic mass is 19.4. The summed E-state index contributed by atoms with van der Waals surface area (Å²) in [6, 6.07) is 0. The van der Waals surface area contributed by atoms with E-state index in [9.17, 15) is 49.1 Å². The van der Waals surface area contributed by atoms with Gasteiger partial charge in [0.05, 0.1) is 0 Å². The molecule has 0 amide bonds. The molecule has 0 bridgehead atoms. The maximum Gasteiger partial charge on any atom is 0.461 e. The van der Waals surface area contributed by atoms with E-state index in [1.807, 2.05) is 0 Å². The summed E-state index contributed by atoms with van der Waals surface area (Å²) >= 11 is 0. The Morgan fingerprint density at radius 1 is 0.778 bits per heavy atom. The third-order valence-corrected chi connectivity index (χ3v) is 1.26. The van der Waals surface area contributed by atoms with Crippen LogP contribution in [0.1, 0.15) is 0 Å². The molecular weight excluding hydrogens is 291 g/mol. The van der Waals surface area contributed by atoms with Gasteiger partial charge in [0.15, 0.2) is 0 Å². The van der Waals surface area contributed by atoms with Crippen molar-refractivity contribution in [1.82, 2.24) is 0 Å². The fourth-order valence-corrected chi connectivity index (χ4v) is 0.595. The molecule has 3 nitrogen and oxygen atoms in total. The van der Waals surface area contributed by atoms with Gasteiger partial charge in [0, 0.05) is 0 Å². The van der Waals surface area contributed by atoms with Crippen molar-refractivity contribution in [2.45, 2.75) is 24.6 Å². The van der Waals surface area contributed by atoms with Crippen molar-refractivity contribution < 1.29 is 53.8 Å². The molecule has 0 atom stereocenters. The first-order valence-corrected chi connectivity index (χ1v) is 3.63. The summed E-state index contributed by atoms with van der Waals surface area (Å²) in [7, 11) is 0. The number of Topliss-reactive ketones (excluding diaryl/α,β-unsaturated/α-hetero) is 1. The van der Waals surface area contributed by atoms with E-state index < -0.39 is 36.4 Å². The van der Waals surface area contributed by atoms with E-state index in [2.05, 4.69) is 4.74 Å². The van der Waals surface area contributed by atoms with Crippen LogP contribution in [-0.2, 0) is 14.3 Å². The second-order valence-corrected chi connectivity index (χ2v) is 2.70. The summed E-state index contributed by atoms with van der Waals surface area (Å²) in [6.07, 6.45) is -23.1. The van der Waals surface area contributed by atoms with Gasteiger partial charge >= 0.3 is 30.3 Å². The van der Waals surface area contributed by atoms with Gasteiger partial charge in [-0.15, -0.1) is 0 Å². The van der Waals surface area contributed by atoms with E-state index in [4.69, 9.17) is 0 Å². The Bertz CT molecular complexity index is 322. The number of ketones is 1. The summed E-state index contributed by atoms with van der Waals surface area (Å²) < 4.78 is 108. The Labute approximate surface area is 91.5 Å². The first-order chi connectivity index (χ1) is 7.67. The number of alkyl halides is 9. The van der Waals surface area contributed by atoms with Crippen LogP contribution in [0.3, 0.4) is 0 Å². The third-order valence-electron chi connectivity index (χ3n) is 1.26. The summed E-state index contributed by atoms with van der Waals surface area (Å²) in [5.74, 6) is -6.76. The number of carbonyl (C=O) groups is 2. The number of carbonyl (C=O) groups excluding carboxylic acids is 2. The lowest BCUT2D eigenvalue weighted by atomic mass is 10.3. The fraction of sp³-hybridized carbons (Fsp3) is 0.667. The Kier molecular flexibility index (Phi) is 4.26. The van der Waals surface area contributed by atoms with Gasteiger partial charge in [-0.1, -0.05) is 0 Å². The van der Waals surface area contributed by atoms with Gasteiger partial charge in [-0.05, 0) is 0 Å². The number of hydrogen-bond donors (Lipinski definition) is 0. The number of rotatable bonds is 2. The first kappa shape index (κ1) is 16.5. The molecule has 0 spiro atoms. The molecule has 0 unspecified atom stereocenters. The van der Waals surface area contributed by atoms with E-state index in [-0.39, 0.29) is 0 Å². The zero-order chi connectivity index (χ0) is 14.9.